The van der Waals surface area contributed by atoms with E-state index in [1.807, 2.05) is 24.3 Å². The predicted octanol–water partition coefficient (Wildman–Crippen LogP) is 1.09. The van der Waals surface area contributed by atoms with Gasteiger partial charge in [-0.1, -0.05) is 34.1 Å². The maximum Gasteiger partial charge on any atom is 0.213 e. The van der Waals surface area contributed by atoms with E-state index in [0.29, 0.717) is 13.1 Å². The van der Waals surface area contributed by atoms with E-state index in [1.54, 1.807) is 7.05 Å². The lowest BCUT2D eigenvalue weighted by molar-refractivity contribution is 0.579. The molecule has 0 aliphatic rings. The number of nitrogens with one attached hydrogen (secondary N) is 2. The van der Waals surface area contributed by atoms with Gasteiger partial charge in [0, 0.05) is 17.6 Å². The zero-order valence-corrected chi connectivity index (χ0v) is 11.4. The fourth-order valence-electron chi connectivity index (χ4n) is 1.14. The van der Waals surface area contributed by atoms with Crippen molar-refractivity contribution in [3.05, 3.63) is 34.3 Å². The molecule has 2 N–H and O–H groups in total. The molecule has 0 aliphatic carbocycles. The summed E-state index contributed by atoms with van der Waals surface area (Å²) in [6, 6.07) is 7.53. The molecule has 6 heteroatoms. The third kappa shape index (κ3) is 4.61. The fraction of sp³-hybridized carbons (Fsp3) is 0.400. The molecule has 1 aromatic rings. The molecular formula is C10H15BrN2O2S. The van der Waals surface area contributed by atoms with Crippen molar-refractivity contribution in [2.24, 2.45) is 0 Å². The van der Waals surface area contributed by atoms with E-state index in [4.69, 9.17) is 0 Å². The van der Waals surface area contributed by atoms with Crippen molar-refractivity contribution in [3.63, 3.8) is 0 Å². The Bertz CT molecular complexity index is 434. The number of sulfonamides is 1. The van der Waals surface area contributed by atoms with Crippen LogP contribution in [0.15, 0.2) is 28.7 Å². The van der Waals surface area contributed by atoms with Gasteiger partial charge >= 0.3 is 0 Å². The van der Waals surface area contributed by atoms with Crippen LogP contribution < -0.4 is 10.0 Å². The monoisotopic (exact) mass is 306 g/mol. The Hall–Kier alpha value is -0.430. The van der Waals surface area contributed by atoms with Crippen LogP contribution in [0.2, 0.25) is 0 Å². The first-order valence-electron chi connectivity index (χ1n) is 4.90. The van der Waals surface area contributed by atoms with Crippen molar-refractivity contribution in [2.75, 3.05) is 19.3 Å². The number of rotatable bonds is 6. The van der Waals surface area contributed by atoms with Crippen molar-refractivity contribution in [1.82, 2.24) is 10.0 Å². The van der Waals surface area contributed by atoms with Gasteiger partial charge in [-0.25, -0.2) is 13.1 Å². The van der Waals surface area contributed by atoms with E-state index >= 15 is 0 Å². The lowest BCUT2D eigenvalue weighted by Gasteiger charge is -2.07. The van der Waals surface area contributed by atoms with E-state index in [-0.39, 0.29) is 5.75 Å². The molecule has 0 atom stereocenters. The maximum atomic E-state index is 11.5. The van der Waals surface area contributed by atoms with Crippen LogP contribution in [-0.4, -0.2) is 27.8 Å². The number of halogens is 1. The number of hydrogen-bond donors (Lipinski definition) is 2. The van der Waals surface area contributed by atoms with Crippen LogP contribution in [0.4, 0.5) is 0 Å². The van der Waals surface area contributed by atoms with Crippen LogP contribution in [-0.2, 0) is 16.6 Å². The molecule has 0 radical (unpaired) electrons. The molecule has 4 nitrogen and oxygen atoms in total. The molecule has 0 aliphatic heterocycles. The molecule has 0 amide bonds. The van der Waals surface area contributed by atoms with Crippen LogP contribution in [0.25, 0.3) is 0 Å². The Morgan fingerprint density at radius 1 is 1.31 bits per heavy atom. The first-order chi connectivity index (χ1) is 7.55. The fourth-order valence-corrected chi connectivity index (χ4v) is 2.56. The summed E-state index contributed by atoms with van der Waals surface area (Å²) in [4.78, 5) is 0. The number of hydrogen-bond acceptors (Lipinski definition) is 3. The summed E-state index contributed by atoms with van der Waals surface area (Å²) >= 11 is 3.37. The molecular weight excluding hydrogens is 292 g/mol. The number of benzene rings is 1. The lowest BCUT2D eigenvalue weighted by atomic mass is 10.2. The highest BCUT2D eigenvalue weighted by atomic mass is 79.9. The van der Waals surface area contributed by atoms with Gasteiger partial charge in [0.25, 0.3) is 0 Å². The Morgan fingerprint density at radius 3 is 2.62 bits per heavy atom. The molecule has 0 fully saturated rings. The van der Waals surface area contributed by atoms with Gasteiger partial charge in [-0.3, -0.25) is 0 Å². The van der Waals surface area contributed by atoms with Crippen molar-refractivity contribution in [3.8, 4) is 0 Å². The summed E-state index contributed by atoms with van der Waals surface area (Å²) in [5.74, 6) is 0.0912. The zero-order chi connectivity index (χ0) is 12.0. The molecule has 0 heterocycles. The minimum atomic E-state index is -3.19. The Kier molecular flexibility index (Phi) is 5.40. The molecule has 0 spiro atoms. The van der Waals surface area contributed by atoms with E-state index in [0.717, 1.165) is 10.0 Å². The van der Waals surface area contributed by atoms with Gasteiger partial charge in [-0.2, -0.15) is 0 Å². The molecule has 0 aromatic heterocycles. The van der Waals surface area contributed by atoms with E-state index in [1.165, 1.54) is 0 Å². The first-order valence-corrected chi connectivity index (χ1v) is 7.35. The molecule has 0 bridgehead atoms. The van der Waals surface area contributed by atoms with Crippen LogP contribution in [0.3, 0.4) is 0 Å². The second kappa shape index (κ2) is 6.34. The van der Waals surface area contributed by atoms with Gasteiger partial charge in [-0.05, 0) is 18.7 Å². The third-order valence-corrected chi connectivity index (χ3v) is 4.16. The highest BCUT2D eigenvalue weighted by molar-refractivity contribution is 9.10. The summed E-state index contributed by atoms with van der Waals surface area (Å²) in [7, 11) is -1.47. The van der Waals surface area contributed by atoms with Crippen molar-refractivity contribution in [1.29, 1.82) is 0 Å². The largest absolute Gasteiger partial charge is 0.319 e. The summed E-state index contributed by atoms with van der Waals surface area (Å²) in [5, 5.41) is 2.80. The Balaban J connectivity index is 2.55. The Labute approximate surface area is 105 Å². The lowest BCUT2D eigenvalue weighted by Crippen LogP contribution is -2.30. The predicted molar refractivity (Wildman–Crippen MR) is 68.7 cm³/mol. The highest BCUT2D eigenvalue weighted by Crippen LogP contribution is 2.15. The van der Waals surface area contributed by atoms with E-state index in [9.17, 15) is 8.42 Å². The molecule has 16 heavy (non-hydrogen) atoms. The van der Waals surface area contributed by atoms with Gasteiger partial charge in [0.15, 0.2) is 0 Å². The summed E-state index contributed by atoms with van der Waals surface area (Å²) in [5.41, 5.74) is 0.926. The smallest absolute Gasteiger partial charge is 0.213 e. The van der Waals surface area contributed by atoms with Gasteiger partial charge in [-0.15, -0.1) is 0 Å². The minimum Gasteiger partial charge on any atom is -0.319 e. The van der Waals surface area contributed by atoms with Crippen molar-refractivity contribution in [2.45, 2.75) is 6.54 Å². The van der Waals surface area contributed by atoms with Gasteiger partial charge in [0.05, 0.1) is 5.75 Å². The maximum absolute atomic E-state index is 11.5. The van der Waals surface area contributed by atoms with Crippen molar-refractivity contribution >= 4 is 26.0 Å². The third-order valence-electron chi connectivity index (χ3n) is 2.06. The summed E-state index contributed by atoms with van der Waals surface area (Å²) < 4.78 is 26.5. The molecule has 1 rings (SSSR count). The van der Waals surface area contributed by atoms with Crippen molar-refractivity contribution < 1.29 is 8.42 Å². The van der Waals surface area contributed by atoms with Crippen LogP contribution in [0.1, 0.15) is 5.56 Å². The SMILES string of the molecule is CNCCS(=O)(=O)NCc1ccccc1Br. The normalized spacial score (nSPS) is 11.6. The molecule has 0 saturated heterocycles. The molecule has 1 aromatic carbocycles. The quantitative estimate of drug-likeness (QED) is 0.827. The average Bonchev–Trinajstić information content (AvgIpc) is 2.26. The summed E-state index contributed by atoms with van der Waals surface area (Å²) in [6.07, 6.45) is 0. The second-order valence-corrected chi connectivity index (χ2v) is 6.12. The molecule has 90 valence electrons. The highest BCUT2D eigenvalue weighted by Gasteiger charge is 2.09. The van der Waals surface area contributed by atoms with Gasteiger partial charge in [0.2, 0.25) is 10.0 Å². The van der Waals surface area contributed by atoms with Crippen LogP contribution in [0.5, 0.6) is 0 Å². The average molecular weight is 307 g/mol. The van der Waals surface area contributed by atoms with E-state index < -0.39 is 10.0 Å². The van der Waals surface area contributed by atoms with Crippen LogP contribution in [0, 0.1) is 0 Å². The standard InChI is InChI=1S/C10H15BrN2O2S/c1-12-6-7-16(14,15)13-8-9-4-2-3-5-10(9)11/h2-5,12-13H,6-8H2,1H3. The van der Waals surface area contributed by atoms with Crippen LogP contribution >= 0.6 is 15.9 Å². The summed E-state index contributed by atoms with van der Waals surface area (Å²) in [6.45, 7) is 0.763. The molecule has 0 unspecified atom stereocenters. The minimum absolute atomic E-state index is 0.0912. The Morgan fingerprint density at radius 2 is 2.00 bits per heavy atom. The molecule has 0 saturated carbocycles. The zero-order valence-electron chi connectivity index (χ0n) is 9.03. The van der Waals surface area contributed by atoms with Gasteiger partial charge < -0.3 is 5.32 Å². The first kappa shape index (κ1) is 13.6. The van der Waals surface area contributed by atoms with Gasteiger partial charge in [0.1, 0.15) is 0 Å². The van der Waals surface area contributed by atoms with E-state index in [2.05, 4.69) is 26.0 Å². The second-order valence-electron chi connectivity index (χ2n) is 3.33. The topological polar surface area (TPSA) is 58.2 Å².